The molecule has 0 aliphatic rings. The summed E-state index contributed by atoms with van der Waals surface area (Å²) in [7, 11) is 0. The topological polar surface area (TPSA) is 48.8 Å². The first-order valence-electron chi connectivity index (χ1n) is 18.6. The Morgan fingerprint density at radius 1 is 0.382 bits per heavy atom. The average molecular weight is 703 g/mol. The molecule has 0 N–H and O–H groups in total. The lowest BCUT2D eigenvalue weighted by molar-refractivity contribution is 0.667. The van der Waals surface area contributed by atoms with E-state index >= 15 is 0 Å². The van der Waals surface area contributed by atoms with Crippen LogP contribution in [0.15, 0.2) is 186 Å². The van der Waals surface area contributed by atoms with Gasteiger partial charge in [-0.05, 0) is 71.4 Å². The van der Waals surface area contributed by atoms with E-state index in [1.54, 1.807) is 0 Å². The van der Waals surface area contributed by atoms with Gasteiger partial charge in [0.2, 0.25) is 0 Å². The van der Waals surface area contributed by atoms with Gasteiger partial charge < -0.3 is 13.6 Å². The van der Waals surface area contributed by atoms with Gasteiger partial charge in [-0.3, -0.25) is 0 Å². The van der Waals surface area contributed by atoms with Crippen LogP contribution in [0.25, 0.3) is 110 Å². The second-order valence-corrected chi connectivity index (χ2v) is 14.1. The molecule has 0 spiro atoms. The van der Waals surface area contributed by atoms with Crippen molar-refractivity contribution in [1.82, 2.24) is 19.1 Å². The van der Waals surface area contributed by atoms with E-state index in [4.69, 9.17) is 14.4 Å². The summed E-state index contributed by atoms with van der Waals surface area (Å²) >= 11 is 0. The predicted octanol–water partition coefficient (Wildman–Crippen LogP) is 13.1. The van der Waals surface area contributed by atoms with E-state index in [0.29, 0.717) is 11.4 Å². The zero-order valence-corrected chi connectivity index (χ0v) is 29.5. The highest BCUT2D eigenvalue weighted by Gasteiger charge is 2.25. The zero-order chi connectivity index (χ0) is 36.0. The van der Waals surface area contributed by atoms with Gasteiger partial charge in [-0.1, -0.05) is 121 Å². The monoisotopic (exact) mass is 702 g/mol. The van der Waals surface area contributed by atoms with Crippen molar-refractivity contribution in [3.8, 4) is 34.0 Å². The molecule has 5 heteroatoms. The maximum Gasteiger partial charge on any atom is 0.180 e. The Hall–Kier alpha value is -7.50. The third-order valence-electron chi connectivity index (χ3n) is 11.1. The Morgan fingerprint density at radius 3 is 1.49 bits per heavy atom. The number of para-hydroxylation sites is 4. The van der Waals surface area contributed by atoms with E-state index in [0.717, 1.165) is 50.2 Å². The van der Waals surface area contributed by atoms with E-state index in [-0.39, 0.29) is 0 Å². The van der Waals surface area contributed by atoms with Gasteiger partial charge >= 0.3 is 0 Å². The van der Waals surface area contributed by atoms with Crippen LogP contribution in [0.2, 0.25) is 0 Å². The molecule has 55 heavy (non-hydrogen) atoms. The maximum atomic E-state index is 6.38. The smallest absolute Gasteiger partial charge is 0.180 e. The minimum Gasteiger partial charge on any atom is -0.452 e. The number of furan rings is 1. The predicted molar refractivity (Wildman–Crippen MR) is 226 cm³/mol. The highest BCUT2D eigenvalue weighted by Crippen LogP contribution is 2.46. The van der Waals surface area contributed by atoms with Gasteiger partial charge in [0.1, 0.15) is 16.8 Å². The molecule has 0 amide bonds. The summed E-state index contributed by atoms with van der Waals surface area (Å²) in [6.45, 7) is 0. The third kappa shape index (κ3) is 4.29. The lowest BCUT2D eigenvalue weighted by atomic mass is 9.98. The minimum absolute atomic E-state index is 0.657. The normalized spacial score (nSPS) is 12.0. The van der Waals surface area contributed by atoms with E-state index in [1.807, 2.05) is 36.4 Å². The summed E-state index contributed by atoms with van der Waals surface area (Å²) in [5.41, 5.74) is 11.9. The van der Waals surface area contributed by atoms with Crippen molar-refractivity contribution in [3.05, 3.63) is 182 Å². The van der Waals surface area contributed by atoms with E-state index in [2.05, 4.69) is 155 Å². The van der Waals surface area contributed by atoms with Crippen molar-refractivity contribution in [3.63, 3.8) is 0 Å². The summed E-state index contributed by atoms with van der Waals surface area (Å²) in [5, 5.41) is 8.43. The molecule has 0 saturated heterocycles. The number of hydrogen-bond acceptors (Lipinski definition) is 3. The summed E-state index contributed by atoms with van der Waals surface area (Å²) in [5.74, 6) is 0.657. The lowest BCUT2D eigenvalue weighted by Crippen LogP contribution is -1.99. The average Bonchev–Trinajstić information content (AvgIpc) is 3.92. The zero-order valence-electron chi connectivity index (χ0n) is 29.5. The molecular formula is C50H30N4O. The minimum atomic E-state index is 0.657. The Labute approximate surface area is 315 Å². The van der Waals surface area contributed by atoms with E-state index in [1.165, 1.54) is 48.9 Å². The fourth-order valence-electron chi connectivity index (χ4n) is 8.78. The van der Waals surface area contributed by atoms with Crippen LogP contribution in [0.4, 0.5) is 0 Å². The van der Waals surface area contributed by atoms with Gasteiger partial charge in [0.15, 0.2) is 11.4 Å². The van der Waals surface area contributed by atoms with Gasteiger partial charge in [-0.25, -0.2) is 9.97 Å². The van der Waals surface area contributed by atoms with Crippen molar-refractivity contribution in [2.45, 2.75) is 0 Å². The molecule has 12 aromatic rings. The molecule has 0 radical (unpaired) electrons. The van der Waals surface area contributed by atoms with Crippen LogP contribution in [0.5, 0.6) is 0 Å². The second-order valence-electron chi connectivity index (χ2n) is 14.1. The number of benzene rings is 8. The first-order valence-corrected chi connectivity index (χ1v) is 18.6. The van der Waals surface area contributed by atoms with Crippen LogP contribution in [0.3, 0.4) is 0 Å². The van der Waals surface area contributed by atoms with Crippen LogP contribution in [-0.4, -0.2) is 19.1 Å². The highest BCUT2D eigenvalue weighted by atomic mass is 16.3. The SMILES string of the molecule is c1ccc(-c2nc(-c3ccc(-n4c5ccccc5c5c6ccccc6c6c7ccccc7n(-c7ccccc7)c6c54)cc3)nc3c2oc2ccccc23)cc1. The quantitative estimate of drug-likeness (QED) is 0.183. The van der Waals surface area contributed by atoms with Crippen LogP contribution in [0.1, 0.15) is 0 Å². The molecule has 0 atom stereocenters. The van der Waals surface area contributed by atoms with Crippen LogP contribution < -0.4 is 0 Å². The van der Waals surface area contributed by atoms with E-state index < -0.39 is 0 Å². The van der Waals surface area contributed by atoms with Gasteiger partial charge in [-0.15, -0.1) is 0 Å². The van der Waals surface area contributed by atoms with Gasteiger partial charge in [0, 0.05) is 49.4 Å². The van der Waals surface area contributed by atoms with Crippen molar-refractivity contribution >= 4 is 76.5 Å². The number of hydrogen-bond donors (Lipinski definition) is 0. The number of nitrogens with zero attached hydrogens (tertiary/aromatic N) is 4. The van der Waals surface area contributed by atoms with Crippen molar-refractivity contribution in [2.75, 3.05) is 0 Å². The first kappa shape index (κ1) is 30.0. The molecule has 12 rings (SSSR count). The van der Waals surface area contributed by atoms with Crippen molar-refractivity contribution in [2.24, 2.45) is 0 Å². The molecule has 0 fully saturated rings. The molecular weight excluding hydrogens is 673 g/mol. The fourth-order valence-corrected chi connectivity index (χ4v) is 8.78. The van der Waals surface area contributed by atoms with Crippen LogP contribution >= 0.6 is 0 Å². The molecule has 0 saturated carbocycles. The van der Waals surface area contributed by atoms with Gasteiger partial charge in [0.25, 0.3) is 0 Å². The Bertz CT molecular complexity index is 3470. The standard InChI is InChI=1S/C50H30N4O/c1-3-15-31(16-4-1)45-49-46(39-23-11-14-26-42(39)55-49)52-50(51-45)32-27-29-34(30-28-32)54-41-25-13-10-22-38(41)44-36-20-8-7-19-35(36)43-37-21-9-12-24-40(37)53(47(43)48(44)54)33-17-5-2-6-18-33/h1-30H. The van der Waals surface area contributed by atoms with Gasteiger partial charge in [0.05, 0.1) is 22.1 Å². The van der Waals surface area contributed by atoms with Gasteiger partial charge in [-0.2, -0.15) is 0 Å². The molecule has 0 unspecified atom stereocenters. The Balaban J connectivity index is 1.16. The summed E-state index contributed by atoms with van der Waals surface area (Å²) in [4.78, 5) is 10.3. The molecule has 0 aliphatic carbocycles. The Morgan fingerprint density at radius 2 is 0.873 bits per heavy atom. The van der Waals surface area contributed by atoms with Crippen molar-refractivity contribution < 1.29 is 4.42 Å². The number of rotatable bonds is 4. The highest BCUT2D eigenvalue weighted by molar-refractivity contribution is 6.36. The molecule has 4 aromatic heterocycles. The molecule has 0 bridgehead atoms. The fraction of sp³-hybridized carbons (Fsp3) is 0. The molecule has 5 nitrogen and oxygen atoms in total. The third-order valence-corrected chi connectivity index (χ3v) is 11.1. The summed E-state index contributed by atoms with van der Waals surface area (Å²) in [6.07, 6.45) is 0. The molecule has 4 heterocycles. The summed E-state index contributed by atoms with van der Waals surface area (Å²) < 4.78 is 11.3. The van der Waals surface area contributed by atoms with E-state index in [9.17, 15) is 0 Å². The Kier molecular flexibility index (Phi) is 6.27. The summed E-state index contributed by atoms with van der Waals surface area (Å²) in [6, 6.07) is 64.3. The number of aromatic nitrogens is 4. The van der Waals surface area contributed by atoms with Crippen LogP contribution in [0, 0.1) is 0 Å². The first-order chi connectivity index (χ1) is 27.3. The van der Waals surface area contributed by atoms with Crippen molar-refractivity contribution in [1.29, 1.82) is 0 Å². The second kappa shape index (κ2) is 11.5. The molecule has 8 aromatic carbocycles. The van der Waals surface area contributed by atoms with Crippen LogP contribution in [-0.2, 0) is 0 Å². The lowest BCUT2D eigenvalue weighted by Gasteiger charge is -2.14. The maximum absolute atomic E-state index is 6.38. The molecule has 0 aliphatic heterocycles. The molecule has 256 valence electrons. The largest absolute Gasteiger partial charge is 0.452 e. The number of fused-ring (bicyclic) bond motifs is 13.